The molecule has 1 aromatic rings. The summed E-state index contributed by atoms with van der Waals surface area (Å²) < 4.78 is 10.7. The van der Waals surface area contributed by atoms with E-state index in [0.717, 1.165) is 5.56 Å². The Morgan fingerprint density at radius 3 is 2.83 bits per heavy atom. The first-order chi connectivity index (χ1) is 10.9. The summed E-state index contributed by atoms with van der Waals surface area (Å²) in [6.07, 6.45) is 3.27. The summed E-state index contributed by atoms with van der Waals surface area (Å²) in [4.78, 5) is 12.2. The molecule has 1 fully saturated rings. The van der Waals surface area contributed by atoms with Crippen molar-refractivity contribution in [2.75, 3.05) is 6.79 Å². The fraction of sp³-hybridized carbons (Fsp3) is 0.375. The van der Waals surface area contributed by atoms with Crippen molar-refractivity contribution >= 4 is 35.3 Å². The van der Waals surface area contributed by atoms with E-state index in [9.17, 15) is 4.79 Å². The SMILES string of the molecule is CC1(C)[C@H](C=C(Cl)Cl)[C@@H]1C(=O)NN=Cc1ccc2c(c1)OCO2. The van der Waals surface area contributed by atoms with Gasteiger partial charge in [-0.05, 0) is 41.2 Å². The molecule has 1 aliphatic heterocycles. The quantitative estimate of drug-likeness (QED) is 0.665. The minimum atomic E-state index is -0.191. The summed E-state index contributed by atoms with van der Waals surface area (Å²) in [7, 11) is 0. The zero-order chi connectivity index (χ0) is 16.6. The Balaban J connectivity index is 1.60. The van der Waals surface area contributed by atoms with E-state index in [1.807, 2.05) is 19.9 Å². The largest absolute Gasteiger partial charge is 0.454 e. The number of carbonyl (C=O) groups is 1. The van der Waals surface area contributed by atoms with Crippen molar-refractivity contribution in [1.29, 1.82) is 0 Å². The maximum atomic E-state index is 12.2. The number of nitrogens with one attached hydrogen (secondary N) is 1. The number of allylic oxidation sites excluding steroid dienone is 1. The Labute approximate surface area is 144 Å². The molecule has 23 heavy (non-hydrogen) atoms. The van der Waals surface area contributed by atoms with Crippen LogP contribution in [0.2, 0.25) is 0 Å². The van der Waals surface area contributed by atoms with Gasteiger partial charge in [0, 0.05) is 0 Å². The molecule has 1 saturated carbocycles. The van der Waals surface area contributed by atoms with Crippen molar-refractivity contribution < 1.29 is 14.3 Å². The maximum Gasteiger partial charge on any atom is 0.244 e. The summed E-state index contributed by atoms with van der Waals surface area (Å²) in [6, 6.07) is 5.44. The predicted molar refractivity (Wildman–Crippen MR) is 88.9 cm³/mol. The van der Waals surface area contributed by atoms with Gasteiger partial charge in [0.25, 0.3) is 0 Å². The first-order valence-corrected chi connectivity index (χ1v) is 7.90. The molecule has 1 amide bonds. The van der Waals surface area contributed by atoms with Crippen LogP contribution in [0.15, 0.2) is 33.9 Å². The fourth-order valence-corrected chi connectivity index (χ4v) is 3.13. The van der Waals surface area contributed by atoms with Crippen molar-refractivity contribution in [1.82, 2.24) is 5.43 Å². The van der Waals surface area contributed by atoms with Crippen molar-refractivity contribution in [3.8, 4) is 11.5 Å². The molecule has 0 aromatic heterocycles. The molecule has 2 aliphatic rings. The summed E-state index contributed by atoms with van der Waals surface area (Å²) in [5.41, 5.74) is 3.20. The molecule has 3 rings (SSSR count). The first-order valence-electron chi connectivity index (χ1n) is 7.15. The molecule has 0 saturated heterocycles. The number of amides is 1. The third-order valence-electron chi connectivity index (χ3n) is 4.28. The van der Waals surface area contributed by atoms with Crippen LogP contribution in [0.3, 0.4) is 0 Å². The number of benzene rings is 1. The number of hydrogen-bond donors (Lipinski definition) is 1. The fourth-order valence-electron chi connectivity index (χ4n) is 2.86. The van der Waals surface area contributed by atoms with Crippen LogP contribution in [0.5, 0.6) is 11.5 Å². The van der Waals surface area contributed by atoms with Gasteiger partial charge in [-0.1, -0.05) is 37.0 Å². The highest BCUT2D eigenvalue weighted by Crippen LogP contribution is 2.59. The molecule has 122 valence electrons. The Bertz CT molecular complexity index is 697. The van der Waals surface area contributed by atoms with E-state index in [0.29, 0.717) is 11.5 Å². The number of carbonyl (C=O) groups excluding carboxylic acids is 1. The van der Waals surface area contributed by atoms with Gasteiger partial charge >= 0.3 is 0 Å². The molecule has 1 heterocycles. The number of hydrazone groups is 1. The second-order valence-electron chi connectivity index (χ2n) is 6.13. The Kier molecular flexibility index (Phi) is 4.25. The van der Waals surface area contributed by atoms with Crippen LogP contribution in [0, 0.1) is 17.3 Å². The Hall–Kier alpha value is -1.72. The van der Waals surface area contributed by atoms with Gasteiger partial charge in [-0.3, -0.25) is 4.79 Å². The molecule has 0 radical (unpaired) electrons. The van der Waals surface area contributed by atoms with E-state index < -0.39 is 0 Å². The predicted octanol–water partition coefficient (Wildman–Crippen LogP) is 3.46. The van der Waals surface area contributed by atoms with Gasteiger partial charge in [-0.25, -0.2) is 5.43 Å². The lowest BCUT2D eigenvalue weighted by molar-refractivity contribution is -0.123. The van der Waals surface area contributed by atoms with Crippen LogP contribution in [0.25, 0.3) is 0 Å². The maximum absolute atomic E-state index is 12.2. The highest BCUT2D eigenvalue weighted by atomic mass is 35.5. The second-order valence-corrected chi connectivity index (χ2v) is 7.14. The summed E-state index contributed by atoms with van der Waals surface area (Å²) in [6.45, 7) is 4.22. The number of halogens is 2. The molecule has 5 nitrogen and oxygen atoms in total. The number of ether oxygens (including phenoxy) is 2. The van der Waals surface area contributed by atoms with Crippen LogP contribution in [0.1, 0.15) is 19.4 Å². The molecule has 0 unspecified atom stereocenters. The monoisotopic (exact) mass is 354 g/mol. The minimum Gasteiger partial charge on any atom is -0.454 e. The lowest BCUT2D eigenvalue weighted by Crippen LogP contribution is -2.21. The summed E-state index contributed by atoms with van der Waals surface area (Å²) in [5.74, 6) is 1.06. The number of nitrogens with zero attached hydrogens (tertiary/aromatic N) is 1. The first kappa shape index (κ1) is 16.1. The van der Waals surface area contributed by atoms with Crippen LogP contribution >= 0.6 is 23.2 Å². The zero-order valence-corrected chi connectivity index (χ0v) is 14.2. The van der Waals surface area contributed by atoms with Crippen molar-refractivity contribution in [3.63, 3.8) is 0 Å². The van der Waals surface area contributed by atoms with E-state index in [1.165, 1.54) is 0 Å². The lowest BCUT2D eigenvalue weighted by atomic mass is 10.1. The lowest BCUT2D eigenvalue weighted by Gasteiger charge is -2.01. The molecule has 0 spiro atoms. The molecule has 1 N–H and O–H groups in total. The highest BCUT2D eigenvalue weighted by Gasteiger charge is 2.60. The van der Waals surface area contributed by atoms with Gasteiger partial charge in [0.05, 0.1) is 12.1 Å². The van der Waals surface area contributed by atoms with E-state index in [2.05, 4.69) is 10.5 Å². The number of hydrogen-bond acceptors (Lipinski definition) is 4. The standard InChI is InChI=1S/C16H16Cl2N2O3/c1-16(2)10(6-13(17)18)14(16)15(21)20-19-7-9-3-4-11-12(5-9)23-8-22-11/h3-7,10,14H,8H2,1-2H3,(H,20,21)/t10-,14-/m1/s1. The Morgan fingerprint density at radius 1 is 1.35 bits per heavy atom. The van der Waals surface area contributed by atoms with Crippen LogP contribution in [-0.2, 0) is 4.79 Å². The highest BCUT2D eigenvalue weighted by molar-refractivity contribution is 6.55. The molecule has 1 aliphatic carbocycles. The van der Waals surface area contributed by atoms with Gasteiger partial charge in [-0.2, -0.15) is 5.10 Å². The third-order valence-corrected chi connectivity index (χ3v) is 4.54. The summed E-state index contributed by atoms with van der Waals surface area (Å²) >= 11 is 11.4. The van der Waals surface area contributed by atoms with Crippen LogP contribution < -0.4 is 14.9 Å². The number of fused-ring (bicyclic) bond motifs is 1. The average Bonchev–Trinajstić information content (AvgIpc) is 2.85. The van der Waals surface area contributed by atoms with Crippen LogP contribution in [-0.4, -0.2) is 18.9 Å². The van der Waals surface area contributed by atoms with Crippen LogP contribution in [0.4, 0.5) is 0 Å². The Morgan fingerprint density at radius 2 is 2.09 bits per heavy atom. The van der Waals surface area contributed by atoms with E-state index >= 15 is 0 Å². The second kappa shape index (κ2) is 6.06. The summed E-state index contributed by atoms with van der Waals surface area (Å²) in [5, 5.41) is 4.00. The van der Waals surface area contributed by atoms with Crippen molar-refractivity contribution in [2.45, 2.75) is 13.8 Å². The molecule has 0 bridgehead atoms. The van der Waals surface area contributed by atoms with Crippen molar-refractivity contribution in [3.05, 3.63) is 34.3 Å². The van der Waals surface area contributed by atoms with E-state index in [4.69, 9.17) is 32.7 Å². The minimum absolute atomic E-state index is 0.0215. The van der Waals surface area contributed by atoms with Gasteiger partial charge in [-0.15, -0.1) is 0 Å². The molecule has 1 aromatic carbocycles. The molecular formula is C16H16Cl2N2O3. The van der Waals surface area contributed by atoms with E-state index in [1.54, 1.807) is 24.4 Å². The molecular weight excluding hydrogens is 339 g/mol. The van der Waals surface area contributed by atoms with Gasteiger partial charge in [0.2, 0.25) is 12.7 Å². The van der Waals surface area contributed by atoms with Crippen molar-refractivity contribution in [2.24, 2.45) is 22.4 Å². The molecule has 7 heteroatoms. The zero-order valence-electron chi connectivity index (χ0n) is 12.7. The molecule has 2 atom stereocenters. The topological polar surface area (TPSA) is 59.9 Å². The smallest absolute Gasteiger partial charge is 0.244 e. The third kappa shape index (κ3) is 3.31. The van der Waals surface area contributed by atoms with E-state index in [-0.39, 0.29) is 34.4 Å². The van der Waals surface area contributed by atoms with Gasteiger partial charge in [0.15, 0.2) is 11.5 Å². The van der Waals surface area contributed by atoms with Gasteiger partial charge < -0.3 is 9.47 Å². The number of rotatable bonds is 4. The normalized spacial score (nSPS) is 23.7. The average molecular weight is 355 g/mol. The van der Waals surface area contributed by atoms with Gasteiger partial charge in [0.1, 0.15) is 4.49 Å².